The normalized spacial score (nSPS) is 48.8. The van der Waals surface area contributed by atoms with Crippen LogP contribution in [-0.2, 0) is 14.5 Å². The third-order valence-corrected chi connectivity index (χ3v) is 6.01. The molecule has 2 bridgehead atoms. The van der Waals surface area contributed by atoms with Crippen molar-refractivity contribution in [2.75, 3.05) is 0 Å². The van der Waals surface area contributed by atoms with Gasteiger partial charge in [0.1, 0.15) is 0 Å². The fourth-order valence-corrected chi connectivity index (χ4v) is 5.01. The SMILES string of the molecule is CC1CC2CCCC(C2)C12OOC1(CCCCC1)O2. The van der Waals surface area contributed by atoms with Crippen LogP contribution in [0.3, 0.4) is 0 Å². The Morgan fingerprint density at radius 3 is 2.58 bits per heavy atom. The molecule has 4 aliphatic rings. The first-order valence-electron chi connectivity index (χ1n) is 8.29. The summed E-state index contributed by atoms with van der Waals surface area (Å²) in [6.45, 7) is 2.30. The third-order valence-electron chi connectivity index (χ3n) is 6.01. The highest BCUT2D eigenvalue weighted by Crippen LogP contribution is 2.56. The van der Waals surface area contributed by atoms with E-state index in [1.165, 1.54) is 51.4 Å². The zero-order chi connectivity index (χ0) is 12.9. The highest BCUT2D eigenvalue weighted by molar-refractivity contribution is 4.97. The average Bonchev–Trinajstić information content (AvgIpc) is 2.79. The van der Waals surface area contributed by atoms with Crippen molar-refractivity contribution in [2.45, 2.75) is 82.7 Å². The van der Waals surface area contributed by atoms with Gasteiger partial charge in [0.05, 0.1) is 0 Å². The topological polar surface area (TPSA) is 27.7 Å². The summed E-state index contributed by atoms with van der Waals surface area (Å²) < 4.78 is 6.57. The van der Waals surface area contributed by atoms with E-state index in [2.05, 4.69) is 6.92 Å². The van der Waals surface area contributed by atoms with Crippen LogP contribution in [-0.4, -0.2) is 11.6 Å². The largest absolute Gasteiger partial charge is 0.312 e. The minimum absolute atomic E-state index is 0.406. The van der Waals surface area contributed by atoms with E-state index in [9.17, 15) is 0 Å². The van der Waals surface area contributed by atoms with E-state index in [1.54, 1.807) is 0 Å². The summed E-state index contributed by atoms with van der Waals surface area (Å²) in [7, 11) is 0. The molecule has 3 nitrogen and oxygen atoms in total. The van der Waals surface area contributed by atoms with Crippen LogP contribution in [0.4, 0.5) is 0 Å². The lowest BCUT2D eigenvalue weighted by atomic mass is 9.64. The second kappa shape index (κ2) is 4.44. The van der Waals surface area contributed by atoms with Crippen LogP contribution in [0.5, 0.6) is 0 Å². The number of ether oxygens (including phenoxy) is 1. The molecule has 4 atom stereocenters. The molecule has 0 N–H and O–H groups in total. The Bertz CT molecular complexity index is 348. The molecule has 0 aromatic carbocycles. The van der Waals surface area contributed by atoms with Crippen molar-refractivity contribution in [1.82, 2.24) is 0 Å². The smallest absolute Gasteiger partial charge is 0.210 e. The highest BCUT2D eigenvalue weighted by atomic mass is 17.3. The van der Waals surface area contributed by atoms with E-state index in [0.29, 0.717) is 11.8 Å². The Labute approximate surface area is 115 Å². The second-order valence-electron chi connectivity index (χ2n) is 7.33. The predicted molar refractivity (Wildman–Crippen MR) is 71.0 cm³/mol. The monoisotopic (exact) mass is 266 g/mol. The fraction of sp³-hybridized carbons (Fsp3) is 1.00. The van der Waals surface area contributed by atoms with Gasteiger partial charge in [-0.1, -0.05) is 26.2 Å². The number of hydrogen-bond donors (Lipinski definition) is 0. The maximum atomic E-state index is 6.57. The number of hydrogen-bond acceptors (Lipinski definition) is 3. The zero-order valence-corrected chi connectivity index (χ0v) is 12.0. The molecule has 3 heteroatoms. The molecule has 4 unspecified atom stereocenters. The Balaban J connectivity index is 1.59. The molecule has 2 spiro atoms. The molecule has 1 saturated heterocycles. The van der Waals surface area contributed by atoms with E-state index in [4.69, 9.17) is 14.5 Å². The van der Waals surface area contributed by atoms with Gasteiger partial charge in [-0.15, -0.1) is 0 Å². The van der Waals surface area contributed by atoms with Crippen LogP contribution in [0, 0.1) is 17.8 Å². The van der Waals surface area contributed by atoms with Gasteiger partial charge in [-0.05, 0) is 38.0 Å². The Morgan fingerprint density at radius 1 is 0.895 bits per heavy atom. The second-order valence-corrected chi connectivity index (χ2v) is 7.33. The Morgan fingerprint density at radius 2 is 1.74 bits per heavy atom. The summed E-state index contributed by atoms with van der Waals surface area (Å²) in [5, 5.41) is 0. The quantitative estimate of drug-likeness (QED) is 0.616. The van der Waals surface area contributed by atoms with Crippen LogP contribution in [0.2, 0.25) is 0 Å². The van der Waals surface area contributed by atoms with Crippen LogP contribution >= 0.6 is 0 Å². The molecule has 4 rings (SSSR count). The molecular weight excluding hydrogens is 240 g/mol. The first-order chi connectivity index (χ1) is 9.23. The van der Waals surface area contributed by atoms with Crippen molar-refractivity contribution in [3.8, 4) is 0 Å². The van der Waals surface area contributed by atoms with Gasteiger partial charge >= 0.3 is 0 Å². The average molecular weight is 266 g/mol. The summed E-state index contributed by atoms with van der Waals surface area (Å²) in [6.07, 6.45) is 12.3. The van der Waals surface area contributed by atoms with E-state index < -0.39 is 11.6 Å². The first kappa shape index (κ1) is 12.6. The maximum absolute atomic E-state index is 6.57. The molecule has 3 aliphatic carbocycles. The van der Waals surface area contributed by atoms with Gasteiger partial charge in [0.25, 0.3) is 0 Å². The van der Waals surface area contributed by atoms with Crippen molar-refractivity contribution in [2.24, 2.45) is 17.8 Å². The van der Waals surface area contributed by atoms with Crippen molar-refractivity contribution in [3.05, 3.63) is 0 Å². The summed E-state index contributed by atoms with van der Waals surface area (Å²) in [5.41, 5.74) is 0. The zero-order valence-electron chi connectivity index (χ0n) is 12.0. The van der Waals surface area contributed by atoms with Crippen LogP contribution < -0.4 is 0 Å². The summed E-state index contributed by atoms with van der Waals surface area (Å²) in [5.74, 6) is 1.09. The summed E-state index contributed by atoms with van der Waals surface area (Å²) in [6, 6.07) is 0. The van der Waals surface area contributed by atoms with Gasteiger partial charge < -0.3 is 4.74 Å². The molecular formula is C16H26O3. The minimum atomic E-state index is -0.422. The van der Waals surface area contributed by atoms with Gasteiger partial charge in [-0.2, -0.15) is 9.78 Å². The standard InChI is InChI=1S/C16H26O3/c1-12-10-13-6-5-7-14(11-13)16(12)17-15(18-19-16)8-3-2-4-9-15/h12-14H,2-11H2,1H3. The number of fused-ring (bicyclic) bond motifs is 3. The molecule has 0 radical (unpaired) electrons. The lowest BCUT2D eigenvalue weighted by Gasteiger charge is -2.48. The lowest BCUT2D eigenvalue weighted by molar-refractivity contribution is -0.379. The van der Waals surface area contributed by atoms with Crippen molar-refractivity contribution >= 4 is 0 Å². The molecule has 1 aliphatic heterocycles. The van der Waals surface area contributed by atoms with E-state index in [0.717, 1.165) is 18.8 Å². The van der Waals surface area contributed by atoms with Gasteiger partial charge in [0, 0.05) is 24.7 Å². The predicted octanol–water partition coefficient (Wildman–Crippen LogP) is 4.17. The van der Waals surface area contributed by atoms with Crippen LogP contribution in [0.1, 0.15) is 71.1 Å². The van der Waals surface area contributed by atoms with E-state index >= 15 is 0 Å². The van der Waals surface area contributed by atoms with Crippen molar-refractivity contribution in [3.63, 3.8) is 0 Å². The molecule has 4 fully saturated rings. The van der Waals surface area contributed by atoms with E-state index in [1.807, 2.05) is 0 Å². The highest BCUT2D eigenvalue weighted by Gasteiger charge is 2.61. The lowest BCUT2D eigenvalue weighted by Crippen LogP contribution is -2.53. The van der Waals surface area contributed by atoms with Crippen molar-refractivity contribution < 1.29 is 14.5 Å². The molecule has 3 saturated carbocycles. The van der Waals surface area contributed by atoms with Gasteiger partial charge in [-0.3, -0.25) is 0 Å². The van der Waals surface area contributed by atoms with Gasteiger partial charge in [0.15, 0.2) is 0 Å². The summed E-state index contributed by atoms with van der Waals surface area (Å²) >= 11 is 0. The van der Waals surface area contributed by atoms with Crippen LogP contribution in [0.15, 0.2) is 0 Å². The molecule has 1 heterocycles. The maximum Gasteiger partial charge on any atom is 0.210 e. The molecule has 19 heavy (non-hydrogen) atoms. The summed E-state index contributed by atoms with van der Waals surface area (Å²) in [4.78, 5) is 11.8. The molecule has 0 aromatic rings. The van der Waals surface area contributed by atoms with E-state index in [-0.39, 0.29) is 0 Å². The van der Waals surface area contributed by atoms with Crippen LogP contribution in [0.25, 0.3) is 0 Å². The minimum Gasteiger partial charge on any atom is -0.312 e. The van der Waals surface area contributed by atoms with Gasteiger partial charge in [0.2, 0.25) is 11.6 Å². The Hall–Kier alpha value is -0.120. The molecule has 0 aromatic heterocycles. The Kier molecular flexibility index (Phi) is 2.95. The third kappa shape index (κ3) is 1.89. The molecule has 108 valence electrons. The fourth-order valence-electron chi connectivity index (χ4n) is 5.01. The molecule has 0 amide bonds. The van der Waals surface area contributed by atoms with Crippen molar-refractivity contribution in [1.29, 1.82) is 0 Å². The number of rotatable bonds is 0. The first-order valence-corrected chi connectivity index (χ1v) is 8.29. The van der Waals surface area contributed by atoms with Gasteiger partial charge in [-0.25, -0.2) is 0 Å².